The van der Waals surface area contributed by atoms with Crippen molar-refractivity contribution in [2.45, 2.75) is 0 Å². The summed E-state index contributed by atoms with van der Waals surface area (Å²) in [5, 5.41) is 1.58. The van der Waals surface area contributed by atoms with Crippen LogP contribution in [0.4, 0.5) is 0 Å². The Morgan fingerprint density at radius 3 is 1.77 bits per heavy atom. The molecule has 0 unspecified atom stereocenters. The first-order valence-electron chi connectivity index (χ1n) is 3.88. The molecule has 1 heterocycles. The summed E-state index contributed by atoms with van der Waals surface area (Å²) in [6.07, 6.45) is 1.44. The van der Waals surface area contributed by atoms with E-state index in [0.29, 0.717) is 11.4 Å². The van der Waals surface area contributed by atoms with Crippen molar-refractivity contribution in [3.8, 4) is 0 Å². The van der Waals surface area contributed by atoms with Crippen LogP contribution in [0.15, 0.2) is 24.3 Å². The largest absolute Gasteiger partial charge is 0.349 e. The molecule has 2 rings (SSSR count). The van der Waals surface area contributed by atoms with E-state index in [-0.39, 0.29) is 0 Å². The third-order valence-corrected chi connectivity index (χ3v) is 2.01. The molecule has 0 fully saturated rings. The molecule has 1 aromatic carbocycles. The van der Waals surface area contributed by atoms with Gasteiger partial charge in [-0.15, -0.1) is 0 Å². The molecule has 0 spiro atoms. The predicted octanol–water partition coefficient (Wildman–Crippen LogP) is 1.79. The second-order valence-electron chi connectivity index (χ2n) is 2.73. The van der Waals surface area contributed by atoms with Crippen LogP contribution in [-0.2, 0) is 0 Å². The van der Waals surface area contributed by atoms with Crippen LogP contribution < -0.4 is 0 Å². The van der Waals surface area contributed by atoms with E-state index in [9.17, 15) is 9.59 Å². The van der Waals surface area contributed by atoms with Gasteiger partial charge in [0.05, 0.1) is 11.4 Å². The van der Waals surface area contributed by atoms with Crippen molar-refractivity contribution in [2.75, 3.05) is 0 Å². The smallest absolute Gasteiger partial charge is 0.166 e. The summed E-state index contributed by atoms with van der Waals surface area (Å²) in [6, 6.07) is 7.28. The molecule has 1 aromatic heterocycles. The minimum atomic E-state index is 0.456. The van der Waals surface area contributed by atoms with Gasteiger partial charge in [0.1, 0.15) is 0 Å². The Morgan fingerprint density at radius 1 is 0.923 bits per heavy atom. The number of benzene rings is 1. The lowest BCUT2D eigenvalue weighted by Crippen LogP contribution is -1.81. The summed E-state index contributed by atoms with van der Waals surface area (Å²) >= 11 is 0. The number of carbonyl (C=O) groups is 2. The third-order valence-electron chi connectivity index (χ3n) is 2.01. The molecular weight excluding hydrogens is 166 g/mol. The molecule has 3 heteroatoms. The van der Waals surface area contributed by atoms with E-state index in [0.717, 1.165) is 23.3 Å². The van der Waals surface area contributed by atoms with Crippen LogP contribution >= 0.6 is 0 Å². The predicted molar refractivity (Wildman–Crippen MR) is 49.1 cm³/mol. The number of aromatic amines is 1. The molecule has 0 bridgehead atoms. The lowest BCUT2D eigenvalue weighted by atomic mass is 10.1. The van der Waals surface area contributed by atoms with Crippen molar-refractivity contribution in [2.24, 2.45) is 0 Å². The van der Waals surface area contributed by atoms with Crippen LogP contribution in [0.5, 0.6) is 0 Å². The number of carbonyl (C=O) groups excluding carboxylic acids is 2. The quantitative estimate of drug-likeness (QED) is 0.704. The number of fused-ring (bicyclic) bond motifs is 1. The lowest BCUT2D eigenvalue weighted by Gasteiger charge is -1.87. The first-order valence-corrected chi connectivity index (χ1v) is 3.88. The van der Waals surface area contributed by atoms with E-state index in [1.165, 1.54) is 0 Å². The Morgan fingerprint density at radius 2 is 1.38 bits per heavy atom. The average Bonchev–Trinajstić information content (AvgIpc) is 2.56. The zero-order chi connectivity index (χ0) is 9.26. The molecule has 0 atom stereocenters. The highest BCUT2D eigenvalue weighted by molar-refractivity contribution is 6.05. The van der Waals surface area contributed by atoms with Crippen LogP contribution in [0.3, 0.4) is 0 Å². The molecule has 0 saturated heterocycles. The lowest BCUT2D eigenvalue weighted by molar-refractivity contribution is 0.112. The number of nitrogens with one attached hydrogen (secondary N) is 1. The van der Waals surface area contributed by atoms with E-state index < -0.39 is 0 Å². The first kappa shape index (κ1) is 7.73. The van der Waals surface area contributed by atoms with Crippen LogP contribution in [0.25, 0.3) is 10.8 Å². The summed E-state index contributed by atoms with van der Waals surface area (Å²) in [4.78, 5) is 24.0. The highest BCUT2D eigenvalue weighted by Crippen LogP contribution is 2.19. The van der Waals surface area contributed by atoms with Crippen molar-refractivity contribution in [1.82, 2.24) is 4.98 Å². The number of aromatic nitrogens is 1. The van der Waals surface area contributed by atoms with Gasteiger partial charge in [0.15, 0.2) is 12.6 Å². The molecule has 1 N–H and O–H groups in total. The molecule has 0 aliphatic carbocycles. The van der Waals surface area contributed by atoms with Gasteiger partial charge in [0.25, 0.3) is 0 Å². The summed E-state index contributed by atoms with van der Waals surface area (Å²) in [5.41, 5.74) is 0.912. The maximum atomic E-state index is 10.6. The second-order valence-corrected chi connectivity index (χ2v) is 2.73. The molecule has 3 nitrogen and oxygen atoms in total. The standard InChI is InChI=1S/C10H7NO2/c12-5-9-7-3-1-2-4-8(7)10(6-13)11-9/h1-6,11H. The van der Waals surface area contributed by atoms with Crippen LogP contribution in [0, 0.1) is 0 Å². The van der Waals surface area contributed by atoms with E-state index in [1.54, 1.807) is 0 Å². The van der Waals surface area contributed by atoms with Gasteiger partial charge >= 0.3 is 0 Å². The monoisotopic (exact) mass is 173 g/mol. The molecule has 0 amide bonds. The van der Waals surface area contributed by atoms with Gasteiger partial charge in [0, 0.05) is 10.8 Å². The average molecular weight is 173 g/mol. The summed E-state index contributed by atoms with van der Waals surface area (Å²) < 4.78 is 0. The Labute approximate surface area is 74.4 Å². The van der Waals surface area contributed by atoms with Crippen LogP contribution in [-0.4, -0.2) is 17.6 Å². The van der Waals surface area contributed by atoms with Gasteiger partial charge in [0.2, 0.25) is 0 Å². The molecule has 64 valence electrons. The van der Waals surface area contributed by atoms with E-state index in [2.05, 4.69) is 4.98 Å². The van der Waals surface area contributed by atoms with Gasteiger partial charge in [-0.3, -0.25) is 9.59 Å². The number of H-pyrrole nitrogens is 1. The van der Waals surface area contributed by atoms with Gasteiger partial charge in [-0.05, 0) is 0 Å². The molecule has 0 saturated carbocycles. The van der Waals surface area contributed by atoms with Crippen molar-refractivity contribution in [1.29, 1.82) is 0 Å². The van der Waals surface area contributed by atoms with Crippen molar-refractivity contribution in [3.63, 3.8) is 0 Å². The minimum absolute atomic E-state index is 0.456. The van der Waals surface area contributed by atoms with Crippen molar-refractivity contribution < 1.29 is 9.59 Å². The maximum Gasteiger partial charge on any atom is 0.166 e. The van der Waals surface area contributed by atoms with Crippen molar-refractivity contribution >= 4 is 23.3 Å². The minimum Gasteiger partial charge on any atom is -0.349 e. The fourth-order valence-corrected chi connectivity index (χ4v) is 1.42. The fraction of sp³-hybridized carbons (Fsp3) is 0. The van der Waals surface area contributed by atoms with E-state index in [1.807, 2.05) is 24.3 Å². The Balaban J connectivity index is 2.89. The summed E-state index contributed by atoms with van der Waals surface area (Å²) in [5.74, 6) is 0. The first-order chi connectivity index (χ1) is 6.36. The fourth-order valence-electron chi connectivity index (χ4n) is 1.42. The van der Waals surface area contributed by atoms with Gasteiger partial charge in [-0.25, -0.2) is 0 Å². The Kier molecular flexibility index (Phi) is 1.70. The highest BCUT2D eigenvalue weighted by Gasteiger charge is 2.06. The van der Waals surface area contributed by atoms with E-state index in [4.69, 9.17) is 0 Å². The normalized spacial score (nSPS) is 10.2. The number of rotatable bonds is 2. The number of hydrogen-bond donors (Lipinski definition) is 1. The zero-order valence-corrected chi connectivity index (χ0v) is 6.78. The van der Waals surface area contributed by atoms with Gasteiger partial charge in [-0.2, -0.15) is 0 Å². The summed E-state index contributed by atoms with van der Waals surface area (Å²) in [7, 11) is 0. The van der Waals surface area contributed by atoms with Crippen LogP contribution in [0.1, 0.15) is 21.0 Å². The molecule has 13 heavy (non-hydrogen) atoms. The van der Waals surface area contributed by atoms with Crippen LogP contribution in [0.2, 0.25) is 0 Å². The molecule has 0 radical (unpaired) electrons. The van der Waals surface area contributed by atoms with E-state index >= 15 is 0 Å². The van der Waals surface area contributed by atoms with Crippen molar-refractivity contribution in [3.05, 3.63) is 35.7 Å². The molecular formula is C10H7NO2. The Hall–Kier alpha value is -1.90. The topological polar surface area (TPSA) is 49.9 Å². The summed E-state index contributed by atoms with van der Waals surface area (Å²) in [6.45, 7) is 0. The SMILES string of the molecule is O=Cc1[nH]c(C=O)c2ccccc12. The molecule has 0 aliphatic rings. The highest BCUT2D eigenvalue weighted by atomic mass is 16.1. The number of hydrogen-bond acceptors (Lipinski definition) is 2. The second kappa shape index (κ2) is 2.86. The zero-order valence-electron chi connectivity index (χ0n) is 6.78. The van der Waals surface area contributed by atoms with Gasteiger partial charge in [-0.1, -0.05) is 24.3 Å². The van der Waals surface area contributed by atoms with Gasteiger partial charge < -0.3 is 4.98 Å². The molecule has 0 aliphatic heterocycles. The Bertz CT molecular complexity index is 429. The molecule has 2 aromatic rings. The number of aldehydes is 2. The maximum absolute atomic E-state index is 10.6. The third kappa shape index (κ3) is 1.05.